The van der Waals surface area contributed by atoms with Crippen molar-refractivity contribution in [1.29, 1.82) is 0 Å². The van der Waals surface area contributed by atoms with E-state index in [-0.39, 0.29) is 0 Å². The highest BCUT2D eigenvalue weighted by Gasteiger charge is 2.25. The van der Waals surface area contributed by atoms with Crippen LogP contribution in [-0.2, 0) is 0 Å². The van der Waals surface area contributed by atoms with Crippen molar-refractivity contribution >= 4 is 0 Å². The third-order valence-corrected chi connectivity index (χ3v) is 3.56. The second-order valence-electron chi connectivity index (χ2n) is 5.58. The summed E-state index contributed by atoms with van der Waals surface area (Å²) in [4.78, 5) is 2.64. The number of nitrogens with one attached hydrogen (secondary N) is 1. The van der Waals surface area contributed by atoms with Crippen LogP contribution in [0.5, 0.6) is 0 Å². The molecule has 1 atom stereocenters. The van der Waals surface area contributed by atoms with Crippen molar-refractivity contribution in [1.82, 2.24) is 10.2 Å². The maximum absolute atomic E-state index is 3.63. The summed E-state index contributed by atoms with van der Waals surface area (Å²) in [6.45, 7) is 9.75. The summed E-state index contributed by atoms with van der Waals surface area (Å²) in [6.07, 6.45) is 5.77. The zero-order valence-corrected chi connectivity index (χ0v) is 10.3. The standard InChI is InChI=1S/C13H26N2/c1-3-15(10-12-4-5-12)9-11(2)8-14-13-6-7-13/h11-14H,3-10H2,1-2H3. The largest absolute Gasteiger partial charge is 0.314 e. The Hall–Kier alpha value is -0.0800. The lowest BCUT2D eigenvalue weighted by Crippen LogP contribution is -2.35. The zero-order valence-electron chi connectivity index (χ0n) is 10.3. The smallest absolute Gasteiger partial charge is 0.00683 e. The Kier molecular flexibility index (Phi) is 4.04. The van der Waals surface area contributed by atoms with Crippen molar-refractivity contribution in [2.24, 2.45) is 11.8 Å². The minimum atomic E-state index is 0.810. The molecule has 0 saturated heterocycles. The zero-order chi connectivity index (χ0) is 10.7. The first kappa shape index (κ1) is 11.4. The van der Waals surface area contributed by atoms with Gasteiger partial charge < -0.3 is 10.2 Å². The van der Waals surface area contributed by atoms with Crippen LogP contribution in [-0.4, -0.2) is 37.1 Å². The van der Waals surface area contributed by atoms with Crippen molar-refractivity contribution in [3.8, 4) is 0 Å². The summed E-state index contributed by atoms with van der Waals surface area (Å²) < 4.78 is 0. The van der Waals surface area contributed by atoms with E-state index in [1.54, 1.807) is 0 Å². The molecule has 1 unspecified atom stereocenters. The first-order valence-electron chi connectivity index (χ1n) is 6.73. The van der Waals surface area contributed by atoms with E-state index in [2.05, 4.69) is 24.1 Å². The van der Waals surface area contributed by atoms with Crippen LogP contribution in [0.25, 0.3) is 0 Å². The maximum atomic E-state index is 3.63. The molecule has 2 aliphatic rings. The minimum absolute atomic E-state index is 0.810. The lowest BCUT2D eigenvalue weighted by atomic mass is 10.1. The summed E-state index contributed by atoms with van der Waals surface area (Å²) in [7, 11) is 0. The lowest BCUT2D eigenvalue weighted by Gasteiger charge is -2.24. The van der Waals surface area contributed by atoms with Crippen LogP contribution in [0.4, 0.5) is 0 Å². The fourth-order valence-corrected chi connectivity index (χ4v) is 2.16. The van der Waals surface area contributed by atoms with Crippen molar-refractivity contribution in [3.63, 3.8) is 0 Å². The highest BCUT2D eigenvalue weighted by atomic mass is 15.1. The summed E-state index contributed by atoms with van der Waals surface area (Å²) in [5, 5.41) is 3.63. The van der Waals surface area contributed by atoms with Crippen molar-refractivity contribution in [3.05, 3.63) is 0 Å². The molecule has 0 aromatic heterocycles. The van der Waals surface area contributed by atoms with Gasteiger partial charge in [0.05, 0.1) is 0 Å². The van der Waals surface area contributed by atoms with Crippen LogP contribution in [0.15, 0.2) is 0 Å². The molecule has 1 N–H and O–H groups in total. The second kappa shape index (κ2) is 5.31. The SMILES string of the molecule is CCN(CC(C)CNC1CC1)CC1CC1. The van der Waals surface area contributed by atoms with Gasteiger partial charge in [-0.15, -0.1) is 0 Å². The second-order valence-corrected chi connectivity index (χ2v) is 5.58. The molecule has 0 aliphatic heterocycles. The molecule has 2 nitrogen and oxygen atoms in total. The van der Waals surface area contributed by atoms with E-state index in [4.69, 9.17) is 0 Å². The van der Waals surface area contributed by atoms with Gasteiger partial charge in [0.1, 0.15) is 0 Å². The molecular weight excluding hydrogens is 184 g/mol. The van der Waals surface area contributed by atoms with Gasteiger partial charge in [-0.1, -0.05) is 13.8 Å². The van der Waals surface area contributed by atoms with E-state index >= 15 is 0 Å². The fraction of sp³-hybridized carbons (Fsp3) is 1.00. The van der Waals surface area contributed by atoms with Gasteiger partial charge in [-0.2, -0.15) is 0 Å². The lowest BCUT2D eigenvalue weighted by molar-refractivity contribution is 0.236. The van der Waals surface area contributed by atoms with Gasteiger partial charge >= 0.3 is 0 Å². The van der Waals surface area contributed by atoms with Crippen molar-refractivity contribution < 1.29 is 0 Å². The predicted molar refractivity (Wildman–Crippen MR) is 65.0 cm³/mol. The van der Waals surface area contributed by atoms with Gasteiger partial charge in [-0.25, -0.2) is 0 Å². The van der Waals surface area contributed by atoms with E-state index in [0.29, 0.717) is 0 Å². The molecular formula is C13H26N2. The molecule has 0 aromatic rings. The maximum Gasteiger partial charge on any atom is 0.00683 e. The Morgan fingerprint density at radius 1 is 1.27 bits per heavy atom. The highest BCUT2D eigenvalue weighted by Crippen LogP contribution is 2.29. The van der Waals surface area contributed by atoms with Gasteiger partial charge in [-0.3, -0.25) is 0 Å². The number of hydrogen-bond donors (Lipinski definition) is 1. The third kappa shape index (κ3) is 4.52. The highest BCUT2D eigenvalue weighted by molar-refractivity contribution is 4.82. The van der Waals surface area contributed by atoms with Crippen molar-refractivity contribution in [2.75, 3.05) is 26.2 Å². The molecule has 0 heterocycles. The quantitative estimate of drug-likeness (QED) is 0.660. The first-order chi connectivity index (χ1) is 7.28. The van der Waals surface area contributed by atoms with E-state index < -0.39 is 0 Å². The van der Waals surface area contributed by atoms with Crippen LogP contribution >= 0.6 is 0 Å². The molecule has 88 valence electrons. The van der Waals surface area contributed by atoms with Gasteiger partial charge in [0.2, 0.25) is 0 Å². The summed E-state index contributed by atoms with van der Waals surface area (Å²) in [5.74, 6) is 1.85. The van der Waals surface area contributed by atoms with Crippen LogP contribution in [0.2, 0.25) is 0 Å². The molecule has 2 aliphatic carbocycles. The minimum Gasteiger partial charge on any atom is -0.314 e. The summed E-state index contributed by atoms with van der Waals surface area (Å²) in [5.41, 5.74) is 0. The molecule has 0 spiro atoms. The molecule has 0 bridgehead atoms. The average molecular weight is 210 g/mol. The number of hydrogen-bond acceptors (Lipinski definition) is 2. The van der Waals surface area contributed by atoms with E-state index in [1.165, 1.54) is 51.9 Å². The predicted octanol–water partition coefficient (Wildman–Crippen LogP) is 2.11. The molecule has 0 amide bonds. The normalized spacial score (nSPS) is 23.4. The molecule has 0 radical (unpaired) electrons. The van der Waals surface area contributed by atoms with Crippen LogP contribution < -0.4 is 5.32 Å². The average Bonchev–Trinajstić information content (AvgIpc) is 3.08. The Morgan fingerprint density at radius 3 is 2.53 bits per heavy atom. The van der Waals surface area contributed by atoms with E-state index in [9.17, 15) is 0 Å². The molecule has 2 saturated carbocycles. The fourth-order valence-electron chi connectivity index (χ4n) is 2.16. The molecule has 2 heteroatoms. The topological polar surface area (TPSA) is 15.3 Å². The molecule has 15 heavy (non-hydrogen) atoms. The van der Waals surface area contributed by atoms with Crippen LogP contribution in [0.3, 0.4) is 0 Å². The Balaban J connectivity index is 1.58. The summed E-state index contributed by atoms with van der Waals surface area (Å²) in [6, 6.07) is 0.867. The Bertz CT molecular complexity index is 185. The monoisotopic (exact) mass is 210 g/mol. The van der Waals surface area contributed by atoms with Gasteiger partial charge in [0, 0.05) is 19.1 Å². The van der Waals surface area contributed by atoms with Crippen LogP contribution in [0.1, 0.15) is 39.5 Å². The van der Waals surface area contributed by atoms with Gasteiger partial charge in [0.15, 0.2) is 0 Å². The van der Waals surface area contributed by atoms with E-state index in [1.807, 2.05) is 0 Å². The summed E-state index contributed by atoms with van der Waals surface area (Å²) >= 11 is 0. The van der Waals surface area contributed by atoms with E-state index in [0.717, 1.165) is 17.9 Å². The molecule has 0 aromatic carbocycles. The van der Waals surface area contributed by atoms with Gasteiger partial charge in [0.25, 0.3) is 0 Å². The van der Waals surface area contributed by atoms with Gasteiger partial charge in [-0.05, 0) is 50.6 Å². The molecule has 2 rings (SSSR count). The van der Waals surface area contributed by atoms with Crippen LogP contribution in [0, 0.1) is 11.8 Å². The Labute approximate surface area is 94.4 Å². The third-order valence-electron chi connectivity index (χ3n) is 3.56. The first-order valence-corrected chi connectivity index (χ1v) is 6.73. The number of nitrogens with zero attached hydrogens (tertiary/aromatic N) is 1. The molecule has 2 fully saturated rings. The Morgan fingerprint density at radius 2 is 2.00 bits per heavy atom. The van der Waals surface area contributed by atoms with Crippen molar-refractivity contribution in [2.45, 2.75) is 45.6 Å². The number of rotatable bonds is 8.